The lowest BCUT2D eigenvalue weighted by atomic mass is 10.2. The second-order valence-corrected chi connectivity index (χ2v) is 8.98. The molecule has 0 aliphatic carbocycles. The predicted molar refractivity (Wildman–Crippen MR) is 122 cm³/mol. The van der Waals surface area contributed by atoms with Crippen LogP contribution >= 0.6 is 0 Å². The van der Waals surface area contributed by atoms with Crippen molar-refractivity contribution in [2.45, 2.75) is 18.2 Å². The second kappa shape index (κ2) is 9.32. The Morgan fingerprint density at radius 1 is 0.875 bits per heavy atom. The molecule has 0 fully saturated rings. The normalized spacial score (nSPS) is 11.4. The lowest BCUT2D eigenvalue weighted by Gasteiger charge is -2.07. The van der Waals surface area contributed by atoms with Crippen LogP contribution in [-0.2, 0) is 10.0 Å². The molecule has 0 atom stereocenters. The van der Waals surface area contributed by atoms with Crippen molar-refractivity contribution < 1.29 is 22.6 Å². The van der Waals surface area contributed by atoms with Gasteiger partial charge in [0, 0.05) is 6.42 Å². The van der Waals surface area contributed by atoms with E-state index in [4.69, 9.17) is 14.2 Å². The smallest absolute Gasteiger partial charge is 0.283 e. The van der Waals surface area contributed by atoms with Crippen molar-refractivity contribution in [2.24, 2.45) is 0 Å². The zero-order valence-corrected chi connectivity index (χ0v) is 18.7. The summed E-state index contributed by atoms with van der Waals surface area (Å²) in [7, 11) is -2.34. The topological polar surface area (TPSA) is 79.7 Å². The number of ether oxygens (including phenoxy) is 3. The van der Waals surface area contributed by atoms with Crippen LogP contribution in [0.25, 0.3) is 10.9 Å². The predicted octanol–water partition coefficient (Wildman–Crippen LogP) is 4.44. The molecule has 1 aromatic heterocycles. The number of rotatable bonds is 9. The number of aromatic nitrogens is 2. The van der Waals surface area contributed by atoms with Gasteiger partial charge >= 0.3 is 0 Å². The van der Waals surface area contributed by atoms with Crippen LogP contribution in [0.2, 0.25) is 0 Å². The van der Waals surface area contributed by atoms with E-state index < -0.39 is 10.0 Å². The first kappa shape index (κ1) is 21.7. The largest absolute Gasteiger partial charge is 0.497 e. The van der Waals surface area contributed by atoms with E-state index in [9.17, 15) is 8.42 Å². The van der Waals surface area contributed by atoms with Gasteiger partial charge in [0.05, 0.1) is 36.1 Å². The molecule has 0 aliphatic rings. The molecule has 0 amide bonds. The number of hydrogen-bond acceptors (Lipinski definition) is 6. The highest BCUT2D eigenvalue weighted by molar-refractivity contribution is 7.90. The van der Waals surface area contributed by atoms with Crippen LogP contribution in [-0.4, -0.2) is 37.9 Å². The van der Waals surface area contributed by atoms with Crippen molar-refractivity contribution >= 4 is 20.9 Å². The van der Waals surface area contributed by atoms with Crippen molar-refractivity contribution in [3.05, 3.63) is 78.4 Å². The number of benzene rings is 3. The zero-order valence-electron chi connectivity index (χ0n) is 17.9. The van der Waals surface area contributed by atoms with E-state index in [2.05, 4.69) is 5.10 Å². The highest BCUT2D eigenvalue weighted by Gasteiger charge is 2.24. The molecule has 0 bridgehead atoms. The van der Waals surface area contributed by atoms with Crippen molar-refractivity contribution in [3.63, 3.8) is 0 Å². The van der Waals surface area contributed by atoms with Gasteiger partial charge in [-0.2, -0.15) is 8.42 Å². The van der Waals surface area contributed by atoms with Gasteiger partial charge in [0.25, 0.3) is 10.0 Å². The lowest BCUT2D eigenvalue weighted by Crippen LogP contribution is -2.14. The van der Waals surface area contributed by atoms with Gasteiger partial charge in [-0.25, -0.2) is 0 Å². The average molecular weight is 453 g/mol. The maximum Gasteiger partial charge on any atom is 0.283 e. The van der Waals surface area contributed by atoms with Crippen LogP contribution in [0.15, 0.2) is 77.7 Å². The van der Waals surface area contributed by atoms with Gasteiger partial charge in [0.15, 0.2) is 0 Å². The standard InChI is InChI=1S/C24H24N2O5S/c1-18-9-12-21(13-10-18)32(27,28)26-23-14-11-20(29-2)17-22(23)24(25-26)31-16-6-15-30-19-7-4-3-5-8-19/h3-5,7-14,17H,6,15-16H2,1-2H3. The zero-order chi connectivity index (χ0) is 22.6. The Morgan fingerprint density at radius 3 is 2.31 bits per heavy atom. The summed E-state index contributed by atoms with van der Waals surface area (Å²) in [6, 6.07) is 21.3. The minimum absolute atomic E-state index is 0.158. The maximum absolute atomic E-state index is 13.3. The van der Waals surface area contributed by atoms with Gasteiger partial charge in [-0.15, -0.1) is 9.19 Å². The lowest BCUT2D eigenvalue weighted by molar-refractivity contribution is 0.243. The Labute approximate surface area is 187 Å². The molecule has 4 aromatic rings. The van der Waals surface area contributed by atoms with Crippen LogP contribution in [0.4, 0.5) is 0 Å². The van der Waals surface area contributed by atoms with E-state index in [1.807, 2.05) is 37.3 Å². The molecule has 4 rings (SSSR count). The molecule has 166 valence electrons. The van der Waals surface area contributed by atoms with Crippen LogP contribution < -0.4 is 14.2 Å². The number of fused-ring (bicyclic) bond motifs is 1. The fourth-order valence-electron chi connectivity index (χ4n) is 3.20. The highest BCUT2D eigenvalue weighted by Crippen LogP contribution is 2.31. The van der Waals surface area contributed by atoms with E-state index in [0.29, 0.717) is 36.3 Å². The molecule has 32 heavy (non-hydrogen) atoms. The molecule has 0 saturated heterocycles. The van der Waals surface area contributed by atoms with Gasteiger partial charge < -0.3 is 14.2 Å². The van der Waals surface area contributed by atoms with E-state index in [-0.39, 0.29) is 10.8 Å². The van der Waals surface area contributed by atoms with Crippen molar-refractivity contribution in [2.75, 3.05) is 20.3 Å². The van der Waals surface area contributed by atoms with Crippen LogP contribution in [0, 0.1) is 6.92 Å². The molecule has 7 nitrogen and oxygen atoms in total. The maximum atomic E-state index is 13.3. The molecule has 8 heteroatoms. The number of nitrogens with zero attached hydrogens (tertiary/aromatic N) is 2. The van der Waals surface area contributed by atoms with E-state index in [1.165, 1.54) is 0 Å². The SMILES string of the molecule is COc1ccc2c(c1)c(OCCCOc1ccccc1)nn2S(=O)(=O)c1ccc(C)cc1. The summed E-state index contributed by atoms with van der Waals surface area (Å²) >= 11 is 0. The number of para-hydroxylation sites is 1. The van der Waals surface area contributed by atoms with Gasteiger partial charge in [0.2, 0.25) is 5.88 Å². The minimum Gasteiger partial charge on any atom is -0.497 e. The molecule has 0 saturated carbocycles. The Morgan fingerprint density at radius 2 is 1.59 bits per heavy atom. The molecular formula is C24H24N2O5S. The molecule has 0 aliphatic heterocycles. The average Bonchev–Trinajstić information content (AvgIpc) is 3.18. The molecule has 0 radical (unpaired) electrons. The fourth-order valence-corrected chi connectivity index (χ4v) is 4.48. The molecule has 1 heterocycles. The molecule has 3 aromatic carbocycles. The fraction of sp³-hybridized carbons (Fsp3) is 0.208. The van der Waals surface area contributed by atoms with Crippen molar-refractivity contribution in [3.8, 4) is 17.4 Å². The summed E-state index contributed by atoms with van der Waals surface area (Å²) in [5.41, 5.74) is 1.39. The van der Waals surface area contributed by atoms with Crippen molar-refractivity contribution in [1.29, 1.82) is 0 Å². The highest BCUT2D eigenvalue weighted by atomic mass is 32.2. The third-order valence-electron chi connectivity index (χ3n) is 4.91. The van der Waals surface area contributed by atoms with Crippen LogP contribution in [0.3, 0.4) is 0 Å². The summed E-state index contributed by atoms with van der Waals surface area (Å²) < 4.78 is 44.4. The minimum atomic E-state index is -3.89. The molecule has 0 spiro atoms. The Hall–Kier alpha value is -3.52. The summed E-state index contributed by atoms with van der Waals surface area (Å²) in [5.74, 6) is 1.60. The first-order valence-electron chi connectivity index (χ1n) is 10.2. The number of hydrogen-bond donors (Lipinski definition) is 0. The van der Waals surface area contributed by atoms with Gasteiger partial charge in [-0.3, -0.25) is 0 Å². The quantitative estimate of drug-likeness (QED) is 0.349. The monoisotopic (exact) mass is 452 g/mol. The first-order valence-corrected chi connectivity index (χ1v) is 11.6. The summed E-state index contributed by atoms with van der Waals surface area (Å²) in [6.07, 6.45) is 0.609. The number of methoxy groups -OCH3 is 1. The Bertz CT molecular complexity index is 1300. The van der Waals surface area contributed by atoms with Gasteiger partial charge in [0.1, 0.15) is 11.5 Å². The van der Waals surface area contributed by atoms with E-state index in [0.717, 1.165) is 15.4 Å². The summed E-state index contributed by atoms with van der Waals surface area (Å²) in [6.45, 7) is 2.69. The number of aryl methyl sites for hydroxylation is 1. The molecule has 0 N–H and O–H groups in total. The van der Waals surface area contributed by atoms with Crippen LogP contribution in [0.5, 0.6) is 17.4 Å². The Balaban J connectivity index is 1.57. The third kappa shape index (κ3) is 4.55. The molecule has 0 unspecified atom stereocenters. The summed E-state index contributed by atoms with van der Waals surface area (Å²) in [4.78, 5) is 0.158. The van der Waals surface area contributed by atoms with Crippen molar-refractivity contribution in [1.82, 2.24) is 9.19 Å². The van der Waals surface area contributed by atoms with Crippen LogP contribution in [0.1, 0.15) is 12.0 Å². The third-order valence-corrected chi connectivity index (χ3v) is 6.51. The summed E-state index contributed by atoms with van der Waals surface area (Å²) in [5, 5.41) is 4.86. The molecular weight excluding hydrogens is 428 g/mol. The Kier molecular flexibility index (Phi) is 6.32. The van der Waals surface area contributed by atoms with E-state index in [1.54, 1.807) is 49.6 Å². The van der Waals surface area contributed by atoms with Gasteiger partial charge in [-0.1, -0.05) is 35.9 Å². The second-order valence-electron chi connectivity index (χ2n) is 7.21. The van der Waals surface area contributed by atoms with E-state index >= 15 is 0 Å². The first-order chi connectivity index (χ1) is 15.5. The van der Waals surface area contributed by atoms with Gasteiger partial charge in [-0.05, 0) is 49.4 Å².